The summed E-state index contributed by atoms with van der Waals surface area (Å²) in [4.78, 5) is 9.25. The molecule has 0 aliphatic rings. The van der Waals surface area contributed by atoms with Crippen LogP contribution >= 0.6 is 0 Å². The van der Waals surface area contributed by atoms with Gasteiger partial charge < -0.3 is 40.1 Å². The zero-order valence-electron chi connectivity index (χ0n) is 13.3. The van der Waals surface area contributed by atoms with E-state index in [-0.39, 0.29) is 33.0 Å². The third kappa shape index (κ3) is 9.61. The van der Waals surface area contributed by atoms with Gasteiger partial charge in [-0.05, 0) is 0 Å². The van der Waals surface area contributed by atoms with Crippen molar-refractivity contribution in [2.24, 2.45) is 10.8 Å². The topological polar surface area (TPSA) is 157 Å². The van der Waals surface area contributed by atoms with Crippen molar-refractivity contribution < 1.29 is 44.9 Å². The zero-order chi connectivity index (χ0) is 18.4. The summed E-state index contributed by atoms with van der Waals surface area (Å²) < 4.78 is 10.2. The van der Waals surface area contributed by atoms with Gasteiger partial charge >= 0.3 is 5.97 Å². The van der Waals surface area contributed by atoms with Crippen LogP contribution in [-0.2, 0) is 14.3 Å². The molecule has 0 amide bonds. The van der Waals surface area contributed by atoms with Crippen molar-refractivity contribution >= 4 is 5.97 Å². The average Bonchev–Trinajstić information content (AvgIpc) is 2.58. The molecule has 0 aromatic rings. The van der Waals surface area contributed by atoms with Crippen LogP contribution in [0.4, 0.5) is 0 Å². The van der Waals surface area contributed by atoms with Gasteiger partial charge in [0.05, 0.1) is 63.7 Å². The van der Waals surface area contributed by atoms with Gasteiger partial charge in [-0.25, -0.2) is 4.79 Å². The van der Waals surface area contributed by atoms with Crippen LogP contribution in [0, 0.1) is 10.8 Å². The highest BCUT2D eigenvalue weighted by atomic mass is 16.5. The summed E-state index contributed by atoms with van der Waals surface area (Å²) in [6, 6.07) is 0. The number of carbonyl (C=O) groups is 1. The molecule has 0 saturated carbocycles. The summed E-state index contributed by atoms with van der Waals surface area (Å²) in [6.07, 6.45) is 0.833. The fraction of sp³-hybridized carbons (Fsp3) is 0.786. The molecule has 0 aromatic heterocycles. The molecule has 0 atom stereocenters. The average molecular weight is 340 g/mol. The van der Waals surface area contributed by atoms with Crippen LogP contribution in [-0.4, -0.2) is 96.6 Å². The van der Waals surface area contributed by atoms with Gasteiger partial charge in [-0.15, -0.1) is 0 Å². The highest BCUT2D eigenvalue weighted by Gasteiger charge is 2.33. The molecular formula is C14H28O9. The molecule has 0 fully saturated rings. The quantitative estimate of drug-likeness (QED) is 0.218. The van der Waals surface area contributed by atoms with Crippen LogP contribution in [0.15, 0.2) is 12.7 Å². The van der Waals surface area contributed by atoms with Crippen LogP contribution in [0.3, 0.4) is 0 Å². The first-order valence-corrected chi connectivity index (χ1v) is 6.81. The second-order valence-electron chi connectivity index (χ2n) is 5.26. The standard InChI is InChI=1S/C11H24O7.C3H4O2/c1-17-7-11(5-15,6-16)9-18-8-10(2-12,3-13)4-14;1-2-3(4)5/h12-16H,2-9H2,1H3;2H,1H2,(H,4,5). The van der Waals surface area contributed by atoms with Gasteiger partial charge in [0.15, 0.2) is 0 Å². The van der Waals surface area contributed by atoms with Gasteiger partial charge in [-0.1, -0.05) is 6.58 Å². The molecule has 0 radical (unpaired) electrons. The minimum atomic E-state index is -1.12. The zero-order valence-corrected chi connectivity index (χ0v) is 13.3. The van der Waals surface area contributed by atoms with Gasteiger partial charge in [0.1, 0.15) is 0 Å². The molecular weight excluding hydrogens is 312 g/mol. The third-order valence-corrected chi connectivity index (χ3v) is 3.12. The van der Waals surface area contributed by atoms with Crippen molar-refractivity contribution in [1.29, 1.82) is 0 Å². The Kier molecular flexibility index (Phi) is 14.1. The third-order valence-electron chi connectivity index (χ3n) is 3.12. The largest absolute Gasteiger partial charge is 0.478 e. The fourth-order valence-corrected chi connectivity index (χ4v) is 1.35. The molecule has 9 nitrogen and oxygen atoms in total. The maximum atomic E-state index is 9.25. The van der Waals surface area contributed by atoms with E-state index in [4.69, 9.17) is 29.9 Å². The molecule has 138 valence electrons. The van der Waals surface area contributed by atoms with Crippen molar-refractivity contribution in [3.63, 3.8) is 0 Å². The Morgan fingerprint density at radius 2 is 1.26 bits per heavy atom. The maximum Gasteiger partial charge on any atom is 0.327 e. The molecule has 9 heteroatoms. The van der Waals surface area contributed by atoms with E-state index >= 15 is 0 Å². The van der Waals surface area contributed by atoms with Crippen LogP contribution < -0.4 is 0 Å². The molecule has 0 spiro atoms. The smallest absolute Gasteiger partial charge is 0.327 e. The van der Waals surface area contributed by atoms with Gasteiger partial charge in [0.25, 0.3) is 0 Å². The second kappa shape index (κ2) is 13.4. The van der Waals surface area contributed by atoms with E-state index in [1.807, 2.05) is 0 Å². The minimum Gasteiger partial charge on any atom is -0.478 e. The van der Waals surface area contributed by atoms with Gasteiger partial charge in [0.2, 0.25) is 0 Å². The van der Waals surface area contributed by atoms with Crippen molar-refractivity contribution in [3.8, 4) is 0 Å². The number of rotatable bonds is 12. The minimum absolute atomic E-state index is 0.00438. The van der Waals surface area contributed by atoms with Crippen molar-refractivity contribution in [1.82, 2.24) is 0 Å². The van der Waals surface area contributed by atoms with E-state index < -0.39 is 36.6 Å². The molecule has 23 heavy (non-hydrogen) atoms. The molecule has 0 heterocycles. The molecule has 0 saturated heterocycles. The normalized spacial score (nSPS) is 11.6. The van der Waals surface area contributed by atoms with Crippen LogP contribution in [0.25, 0.3) is 0 Å². The van der Waals surface area contributed by atoms with Gasteiger partial charge in [0, 0.05) is 13.2 Å². The lowest BCUT2D eigenvalue weighted by Crippen LogP contribution is -2.43. The Morgan fingerprint density at radius 1 is 0.913 bits per heavy atom. The number of ether oxygens (including phenoxy) is 2. The van der Waals surface area contributed by atoms with E-state index in [0.717, 1.165) is 6.08 Å². The summed E-state index contributed by atoms with van der Waals surface area (Å²) >= 11 is 0. The molecule has 0 aliphatic carbocycles. The van der Waals surface area contributed by atoms with Crippen LogP contribution in [0.1, 0.15) is 0 Å². The van der Waals surface area contributed by atoms with E-state index in [2.05, 4.69) is 6.58 Å². The van der Waals surface area contributed by atoms with Crippen molar-refractivity contribution in [3.05, 3.63) is 12.7 Å². The monoisotopic (exact) mass is 340 g/mol. The van der Waals surface area contributed by atoms with E-state index in [1.54, 1.807) is 0 Å². The Hall–Kier alpha value is -1.07. The molecule has 0 rings (SSSR count). The Labute approximate surface area is 135 Å². The number of aliphatic hydroxyl groups is 5. The van der Waals surface area contributed by atoms with Gasteiger partial charge in [-0.3, -0.25) is 0 Å². The lowest BCUT2D eigenvalue weighted by molar-refractivity contribution is -0.131. The second-order valence-corrected chi connectivity index (χ2v) is 5.26. The summed E-state index contributed by atoms with van der Waals surface area (Å²) in [7, 11) is 1.44. The highest BCUT2D eigenvalue weighted by molar-refractivity contribution is 5.78. The summed E-state index contributed by atoms with van der Waals surface area (Å²) in [5.74, 6) is -0.981. The summed E-state index contributed by atoms with van der Waals surface area (Å²) in [5.41, 5.74) is -2.05. The Balaban J connectivity index is 0. The first-order chi connectivity index (χ1) is 10.8. The lowest BCUT2D eigenvalue weighted by atomic mass is 9.91. The number of carboxylic acids is 1. The van der Waals surface area contributed by atoms with Crippen molar-refractivity contribution in [2.45, 2.75) is 0 Å². The highest BCUT2D eigenvalue weighted by Crippen LogP contribution is 2.20. The maximum absolute atomic E-state index is 9.25. The first-order valence-electron chi connectivity index (χ1n) is 6.81. The summed E-state index contributed by atoms with van der Waals surface area (Å²) in [5, 5.41) is 53.4. The molecule has 0 bridgehead atoms. The predicted octanol–water partition coefficient (Wildman–Crippen LogP) is -2.16. The van der Waals surface area contributed by atoms with Crippen molar-refractivity contribution in [2.75, 3.05) is 60.0 Å². The number of hydrogen-bond donors (Lipinski definition) is 6. The van der Waals surface area contributed by atoms with E-state index in [9.17, 15) is 15.0 Å². The number of hydrogen-bond acceptors (Lipinski definition) is 8. The van der Waals surface area contributed by atoms with E-state index in [1.165, 1.54) is 7.11 Å². The van der Waals surface area contributed by atoms with Gasteiger partial charge in [-0.2, -0.15) is 0 Å². The predicted molar refractivity (Wildman–Crippen MR) is 80.8 cm³/mol. The molecule has 0 unspecified atom stereocenters. The summed E-state index contributed by atoms with van der Waals surface area (Å²) in [6.45, 7) is 1.09. The Bertz CT molecular complexity index is 303. The molecule has 0 aromatic carbocycles. The molecule has 0 aliphatic heterocycles. The lowest BCUT2D eigenvalue weighted by Gasteiger charge is -2.32. The number of aliphatic hydroxyl groups excluding tert-OH is 5. The molecule has 6 N–H and O–H groups in total. The Morgan fingerprint density at radius 3 is 1.52 bits per heavy atom. The number of aliphatic carboxylic acids is 1. The SMILES string of the molecule is C=CC(=O)O.COCC(CO)(CO)COCC(CO)(CO)CO. The van der Waals surface area contributed by atoms with Crippen LogP contribution in [0.5, 0.6) is 0 Å². The number of carboxylic acid groups (broad SMARTS) is 1. The number of methoxy groups -OCH3 is 1. The first kappa shape index (κ1) is 24.2. The fourth-order valence-electron chi connectivity index (χ4n) is 1.35. The van der Waals surface area contributed by atoms with Crippen LogP contribution in [0.2, 0.25) is 0 Å². The van der Waals surface area contributed by atoms with E-state index in [0.29, 0.717) is 0 Å².